The minimum atomic E-state index is -3.60. The molecule has 0 radical (unpaired) electrons. The van der Waals surface area contributed by atoms with E-state index in [-0.39, 0.29) is 10.6 Å². The largest absolute Gasteiger partial charge is 0.496 e. The molecular formula is C15H19NO5S. The van der Waals surface area contributed by atoms with Crippen LogP contribution in [0.4, 0.5) is 0 Å². The minimum Gasteiger partial charge on any atom is -0.496 e. The number of methoxy groups -OCH3 is 2. The molecular weight excluding hydrogens is 306 g/mol. The van der Waals surface area contributed by atoms with Crippen LogP contribution in [-0.4, -0.2) is 35.0 Å². The molecule has 1 fully saturated rings. The van der Waals surface area contributed by atoms with E-state index in [4.69, 9.17) is 9.47 Å². The van der Waals surface area contributed by atoms with Crippen molar-refractivity contribution in [2.45, 2.75) is 36.1 Å². The van der Waals surface area contributed by atoms with Gasteiger partial charge >= 0.3 is 0 Å². The number of rotatable bonds is 5. The number of isocyanates is 1. The minimum absolute atomic E-state index is 0.0373. The van der Waals surface area contributed by atoms with Crippen LogP contribution in [0.2, 0.25) is 0 Å². The number of sulfone groups is 1. The van der Waals surface area contributed by atoms with Crippen molar-refractivity contribution in [3.05, 3.63) is 17.7 Å². The Bertz CT molecular complexity index is 714. The van der Waals surface area contributed by atoms with Crippen LogP contribution in [0.1, 0.15) is 31.2 Å². The molecule has 1 aromatic carbocycles. The Morgan fingerprint density at radius 3 is 2.14 bits per heavy atom. The van der Waals surface area contributed by atoms with E-state index in [2.05, 4.69) is 4.99 Å². The second-order valence-electron chi connectivity index (χ2n) is 5.39. The molecule has 0 spiro atoms. The van der Waals surface area contributed by atoms with Crippen molar-refractivity contribution >= 4 is 15.9 Å². The third kappa shape index (κ3) is 2.74. The van der Waals surface area contributed by atoms with Gasteiger partial charge in [0.15, 0.2) is 9.84 Å². The van der Waals surface area contributed by atoms with Crippen LogP contribution in [0.15, 0.2) is 22.0 Å². The molecule has 0 aromatic heterocycles. The molecule has 1 aromatic rings. The van der Waals surface area contributed by atoms with E-state index in [9.17, 15) is 13.2 Å². The van der Waals surface area contributed by atoms with Gasteiger partial charge in [-0.05, 0) is 25.0 Å². The van der Waals surface area contributed by atoms with Gasteiger partial charge in [0.1, 0.15) is 21.9 Å². The van der Waals surface area contributed by atoms with Gasteiger partial charge in [-0.2, -0.15) is 4.99 Å². The lowest BCUT2D eigenvalue weighted by Crippen LogP contribution is -2.24. The van der Waals surface area contributed by atoms with Gasteiger partial charge in [0.25, 0.3) is 0 Å². The smallest absolute Gasteiger partial charge is 0.235 e. The highest BCUT2D eigenvalue weighted by atomic mass is 32.2. The molecule has 0 heterocycles. The molecule has 6 nitrogen and oxygen atoms in total. The van der Waals surface area contributed by atoms with Crippen molar-refractivity contribution in [1.29, 1.82) is 0 Å². The van der Waals surface area contributed by atoms with Crippen LogP contribution in [0.3, 0.4) is 0 Å². The average Bonchev–Trinajstić information content (AvgIpc) is 2.94. The van der Waals surface area contributed by atoms with E-state index in [0.717, 1.165) is 19.1 Å². The Hall–Kier alpha value is -1.85. The third-order valence-electron chi connectivity index (χ3n) is 4.05. The van der Waals surface area contributed by atoms with Crippen molar-refractivity contribution < 1.29 is 22.7 Å². The molecule has 0 N–H and O–H groups in total. The lowest BCUT2D eigenvalue weighted by molar-refractivity contribution is 0.359. The Kier molecular flexibility index (Phi) is 4.58. The van der Waals surface area contributed by atoms with E-state index in [0.29, 0.717) is 24.2 Å². The summed E-state index contributed by atoms with van der Waals surface area (Å²) in [6, 6.07) is 3.19. The summed E-state index contributed by atoms with van der Waals surface area (Å²) in [7, 11) is -0.727. The zero-order valence-electron chi connectivity index (χ0n) is 12.9. The maximum Gasteiger partial charge on any atom is 0.235 e. The first-order valence-corrected chi connectivity index (χ1v) is 8.83. The third-order valence-corrected chi connectivity index (χ3v) is 5.20. The van der Waals surface area contributed by atoms with Gasteiger partial charge in [-0.15, -0.1) is 0 Å². The SMILES string of the molecule is COc1ccc(OC)c(S(C)(=O)=O)c1C1(N=C=O)CCCC1. The van der Waals surface area contributed by atoms with E-state index < -0.39 is 15.4 Å². The lowest BCUT2D eigenvalue weighted by Gasteiger charge is -2.28. The molecule has 0 atom stereocenters. The van der Waals surface area contributed by atoms with Crippen molar-refractivity contribution in [3.8, 4) is 11.5 Å². The van der Waals surface area contributed by atoms with Gasteiger partial charge in [-0.3, -0.25) is 0 Å². The summed E-state index contributed by atoms with van der Waals surface area (Å²) < 4.78 is 35.2. The maximum atomic E-state index is 12.3. The highest BCUT2D eigenvalue weighted by Crippen LogP contribution is 2.50. The van der Waals surface area contributed by atoms with Gasteiger partial charge in [0.2, 0.25) is 6.08 Å². The molecule has 7 heteroatoms. The standard InChI is InChI=1S/C15H19NO5S/c1-20-11-6-7-12(21-2)14(22(3,18)19)13(11)15(16-10-17)8-4-5-9-15/h6-7H,4-5,8-9H2,1-3H3. The molecule has 2 rings (SSSR count). The molecule has 0 saturated heterocycles. The molecule has 0 amide bonds. The number of ether oxygens (including phenoxy) is 2. The first-order valence-electron chi connectivity index (χ1n) is 6.94. The second kappa shape index (κ2) is 6.10. The fourth-order valence-corrected chi connectivity index (χ4v) is 4.33. The fourth-order valence-electron chi connectivity index (χ4n) is 3.15. The molecule has 1 aliphatic rings. The number of benzene rings is 1. The Morgan fingerprint density at radius 1 is 1.14 bits per heavy atom. The normalized spacial score (nSPS) is 16.9. The zero-order valence-corrected chi connectivity index (χ0v) is 13.7. The number of hydrogen-bond acceptors (Lipinski definition) is 6. The summed E-state index contributed by atoms with van der Waals surface area (Å²) in [5.41, 5.74) is -0.516. The van der Waals surface area contributed by atoms with E-state index in [1.807, 2.05) is 0 Å². The monoisotopic (exact) mass is 325 g/mol. The van der Waals surface area contributed by atoms with Crippen LogP contribution in [0.5, 0.6) is 11.5 Å². The first-order chi connectivity index (χ1) is 10.4. The average molecular weight is 325 g/mol. The van der Waals surface area contributed by atoms with E-state index in [1.165, 1.54) is 14.2 Å². The Morgan fingerprint density at radius 2 is 1.68 bits per heavy atom. The molecule has 0 bridgehead atoms. The zero-order chi connectivity index (χ0) is 16.4. The maximum absolute atomic E-state index is 12.3. The van der Waals surface area contributed by atoms with Crippen LogP contribution < -0.4 is 9.47 Å². The molecule has 120 valence electrons. The molecule has 0 aliphatic heterocycles. The predicted molar refractivity (Wildman–Crippen MR) is 80.9 cm³/mol. The Balaban J connectivity index is 2.90. The second-order valence-corrected chi connectivity index (χ2v) is 7.34. The number of aliphatic imine (C=N–C) groups is 1. The summed E-state index contributed by atoms with van der Waals surface area (Å²) in [5, 5.41) is 0. The predicted octanol–water partition coefficient (Wildman–Crippen LogP) is 2.21. The molecule has 22 heavy (non-hydrogen) atoms. The lowest BCUT2D eigenvalue weighted by atomic mass is 9.87. The summed E-state index contributed by atoms with van der Waals surface area (Å²) >= 11 is 0. The molecule has 1 aliphatic carbocycles. The molecule has 0 unspecified atom stereocenters. The van der Waals surface area contributed by atoms with Crippen LogP contribution in [0.25, 0.3) is 0 Å². The van der Waals surface area contributed by atoms with Gasteiger partial charge < -0.3 is 9.47 Å². The van der Waals surface area contributed by atoms with Crippen LogP contribution in [0, 0.1) is 0 Å². The fraction of sp³-hybridized carbons (Fsp3) is 0.533. The van der Waals surface area contributed by atoms with Gasteiger partial charge in [-0.1, -0.05) is 12.8 Å². The van der Waals surface area contributed by atoms with Crippen LogP contribution >= 0.6 is 0 Å². The van der Waals surface area contributed by atoms with Crippen molar-refractivity contribution in [1.82, 2.24) is 0 Å². The first kappa shape index (κ1) is 16.5. The van der Waals surface area contributed by atoms with Gasteiger partial charge in [-0.25, -0.2) is 13.2 Å². The molecule has 1 saturated carbocycles. The van der Waals surface area contributed by atoms with Crippen LogP contribution in [-0.2, 0) is 20.2 Å². The van der Waals surface area contributed by atoms with Crippen molar-refractivity contribution in [2.24, 2.45) is 4.99 Å². The highest BCUT2D eigenvalue weighted by molar-refractivity contribution is 7.90. The summed E-state index contributed by atoms with van der Waals surface area (Å²) in [4.78, 5) is 15.0. The van der Waals surface area contributed by atoms with E-state index in [1.54, 1.807) is 18.2 Å². The van der Waals surface area contributed by atoms with Gasteiger partial charge in [0.05, 0.1) is 14.2 Å². The highest BCUT2D eigenvalue weighted by Gasteiger charge is 2.43. The summed E-state index contributed by atoms with van der Waals surface area (Å²) in [5.74, 6) is 0.618. The van der Waals surface area contributed by atoms with Crippen molar-refractivity contribution in [2.75, 3.05) is 20.5 Å². The number of carbonyl (C=O) groups excluding carboxylic acids is 1. The quantitative estimate of drug-likeness (QED) is 0.612. The van der Waals surface area contributed by atoms with Gasteiger partial charge in [0, 0.05) is 11.8 Å². The Labute approximate surface area is 130 Å². The van der Waals surface area contributed by atoms with Crippen molar-refractivity contribution in [3.63, 3.8) is 0 Å². The summed E-state index contributed by atoms with van der Waals surface area (Å²) in [6.07, 6.45) is 5.58. The number of nitrogens with zero attached hydrogens (tertiary/aromatic N) is 1. The topological polar surface area (TPSA) is 82.0 Å². The van der Waals surface area contributed by atoms with E-state index >= 15 is 0 Å². The number of hydrogen-bond donors (Lipinski definition) is 0. The summed E-state index contributed by atoms with van der Waals surface area (Å²) in [6.45, 7) is 0.